The summed E-state index contributed by atoms with van der Waals surface area (Å²) < 4.78 is 5.10. The van der Waals surface area contributed by atoms with Crippen molar-refractivity contribution in [2.45, 2.75) is 18.6 Å². The molecule has 0 spiro atoms. The molecule has 0 amide bonds. The van der Waals surface area contributed by atoms with Crippen LogP contribution in [0.15, 0.2) is 24.3 Å². The van der Waals surface area contributed by atoms with Crippen molar-refractivity contribution in [1.29, 1.82) is 0 Å². The van der Waals surface area contributed by atoms with Crippen LogP contribution in [0.3, 0.4) is 0 Å². The number of fused-ring (bicyclic) bond motifs is 1. The SMILES string of the molecule is O=C(O)C1CC(O)Oc2ccccc21. The lowest BCUT2D eigenvalue weighted by atomic mass is 9.93. The van der Waals surface area contributed by atoms with Gasteiger partial charge in [-0.25, -0.2) is 0 Å². The van der Waals surface area contributed by atoms with Crippen LogP contribution in [0.2, 0.25) is 0 Å². The van der Waals surface area contributed by atoms with E-state index in [1.807, 2.05) is 0 Å². The summed E-state index contributed by atoms with van der Waals surface area (Å²) in [5.74, 6) is -1.14. The van der Waals surface area contributed by atoms with Gasteiger partial charge in [0.2, 0.25) is 0 Å². The van der Waals surface area contributed by atoms with Crippen molar-refractivity contribution in [3.63, 3.8) is 0 Å². The first kappa shape index (κ1) is 9.02. The normalized spacial score (nSPS) is 24.9. The van der Waals surface area contributed by atoms with Gasteiger partial charge in [0.1, 0.15) is 5.75 Å². The van der Waals surface area contributed by atoms with Gasteiger partial charge in [-0.2, -0.15) is 0 Å². The number of benzene rings is 1. The second kappa shape index (κ2) is 3.31. The maximum atomic E-state index is 10.9. The minimum Gasteiger partial charge on any atom is -0.481 e. The molecule has 0 radical (unpaired) electrons. The molecule has 0 aliphatic carbocycles. The fraction of sp³-hybridized carbons (Fsp3) is 0.300. The van der Waals surface area contributed by atoms with Crippen molar-refractivity contribution in [2.75, 3.05) is 0 Å². The standard InChI is InChI=1S/C10H10O4/c11-9-5-7(10(12)13)6-3-1-2-4-8(6)14-9/h1-4,7,9,11H,5H2,(H,12,13). The molecule has 14 heavy (non-hydrogen) atoms. The van der Waals surface area contributed by atoms with Crippen LogP contribution in [0.5, 0.6) is 5.75 Å². The third-order valence-electron chi connectivity index (χ3n) is 2.29. The summed E-state index contributed by atoms with van der Waals surface area (Å²) >= 11 is 0. The Kier molecular flexibility index (Phi) is 2.13. The second-order valence-electron chi connectivity index (χ2n) is 3.24. The Morgan fingerprint density at radius 2 is 2.14 bits per heavy atom. The van der Waals surface area contributed by atoms with E-state index >= 15 is 0 Å². The average Bonchev–Trinajstić information content (AvgIpc) is 2.16. The zero-order chi connectivity index (χ0) is 10.1. The molecule has 0 aromatic heterocycles. The summed E-state index contributed by atoms with van der Waals surface area (Å²) in [6.45, 7) is 0. The molecule has 74 valence electrons. The van der Waals surface area contributed by atoms with E-state index in [-0.39, 0.29) is 6.42 Å². The smallest absolute Gasteiger partial charge is 0.311 e. The molecule has 0 fully saturated rings. The van der Waals surface area contributed by atoms with E-state index in [4.69, 9.17) is 9.84 Å². The number of hydrogen-bond donors (Lipinski definition) is 2. The van der Waals surface area contributed by atoms with Crippen molar-refractivity contribution in [2.24, 2.45) is 0 Å². The number of ether oxygens (including phenoxy) is 1. The number of carboxylic acids is 1. The van der Waals surface area contributed by atoms with Gasteiger partial charge in [0.05, 0.1) is 5.92 Å². The van der Waals surface area contributed by atoms with E-state index < -0.39 is 18.2 Å². The number of hydrogen-bond acceptors (Lipinski definition) is 3. The van der Waals surface area contributed by atoms with Crippen LogP contribution >= 0.6 is 0 Å². The van der Waals surface area contributed by atoms with Gasteiger partial charge in [0, 0.05) is 12.0 Å². The van der Waals surface area contributed by atoms with Gasteiger partial charge in [0.25, 0.3) is 0 Å². The third-order valence-corrected chi connectivity index (χ3v) is 2.29. The molecule has 1 aliphatic heterocycles. The third kappa shape index (κ3) is 1.44. The van der Waals surface area contributed by atoms with Crippen molar-refractivity contribution in [3.8, 4) is 5.75 Å². The molecule has 1 aliphatic rings. The Bertz CT molecular complexity index is 361. The predicted molar refractivity (Wildman–Crippen MR) is 48.1 cm³/mol. The fourth-order valence-corrected chi connectivity index (χ4v) is 1.63. The lowest BCUT2D eigenvalue weighted by molar-refractivity contribution is -0.142. The molecule has 1 heterocycles. The zero-order valence-corrected chi connectivity index (χ0v) is 7.38. The Morgan fingerprint density at radius 1 is 1.43 bits per heavy atom. The molecule has 2 atom stereocenters. The minimum atomic E-state index is -1.02. The highest BCUT2D eigenvalue weighted by atomic mass is 16.6. The number of aliphatic hydroxyl groups is 1. The first-order valence-electron chi connectivity index (χ1n) is 4.35. The van der Waals surface area contributed by atoms with Gasteiger partial charge in [-0.05, 0) is 6.07 Å². The van der Waals surface area contributed by atoms with Gasteiger partial charge in [0.15, 0.2) is 6.29 Å². The highest BCUT2D eigenvalue weighted by Crippen LogP contribution is 2.35. The van der Waals surface area contributed by atoms with Crippen molar-refractivity contribution < 1.29 is 19.7 Å². The Morgan fingerprint density at radius 3 is 2.86 bits per heavy atom. The average molecular weight is 194 g/mol. The number of aliphatic carboxylic acids is 1. The van der Waals surface area contributed by atoms with Gasteiger partial charge < -0.3 is 14.9 Å². The van der Waals surface area contributed by atoms with Gasteiger partial charge >= 0.3 is 5.97 Å². The van der Waals surface area contributed by atoms with Crippen LogP contribution < -0.4 is 4.74 Å². The minimum absolute atomic E-state index is 0.104. The molecule has 1 aromatic carbocycles. The summed E-state index contributed by atoms with van der Waals surface area (Å²) in [6, 6.07) is 6.87. The predicted octanol–water partition coefficient (Wildman–Crippen LogP) is 0.956. The summed E-state index contributed by atoms with van der Waals surface area (Å²) in [7, 11) is 0. The molecule has 2 rings (SSSR count). The highest BCUT2D eigenvalue weighted by Gasteiger charge is 2.31. The van der Waals surface area contributed by atoms with Crippen LogP contribution in [-0.2, 0) is 4.79 Å². The van der Waals surface area contributed by atoms with Crippen LogP contribution in [0, 0.1) is 0 Å². The van der Waals surface area contributed by atoms with E-state index in [1.54, 1.807) is 24.3 Å². The molecule has 2 N–H and O–H groups in total. The number of aliphatic hydroxyl groups excluding tert-OH is 1. The maximum absolute atomic E-state index is 10.9. The lowest BCUT2D eigenvalue weighted by Gasteiger charge is -2.26. The fourth-order valence-electron chi connectivity index (χ4n) is 1.63. The summed E-state index contributed by atoms with van der Waals surface area (Å²) in [6.07, 6.45) is -0.919. The van der Waals surface area contributed by atoms with Gasteiger partial charge in [-0.3, -0.25) is 4.79 Å². The van der Waals surface area contributed by atoms with E-state index in [2.05, 4.69) is 0 Å². The molecule has 0 saturated heterocycles. The van der Waals surface area contributed by atoms with Crippen molar-refractivity contribution >= 4 is 5.97 Å². The van der Waals surface area contributed by atoms with Crippen molar-refractivity contribution in [3.05, 3.63) is 29.8 Å². The van der Waals surface area contributed by atoms with Crippen LogP contribution in [0.4, 0.5) is 0 Å². The Labute approximate surface area is 80.7 Å². The molecular formula is C10H10O4. The molecule has 4 heteroatoms. The van der Waals surface area contributed by atoms with Crippen molar-refractivity contribution in [1.82, 2.24) is 0 Å². The number of para-hydroxylation sites is 1. The highest BCUT2D eigenvalue weighted by molar-refractivity contribution is 5.77. The summed E-state index contributed by atoms with van der Waals surface area (Å²) in [4.78, 5) is 10.9. The Balaban J connectivity index is 2.43. The topological polar surface area (TPSA) is 66.8 Å². The summed E-state index contributed by atoms with van der Waals surface area (Å²) in [5, 5.41) is 18.2. The first-order valence-corrected chi connectivity index (χ1v) is 4.35. The first-order chi connectivity index (χ1) is 6.68. The number of carbonyl (C=O) groups is 1. The quantitative estimate of drug-likeness (QED) is 0.698. The van der Waals surface area contributed by atoms with Crippen LogP contribution in [0.25, 0.3) is 0 Å². The van der Waals surface area contributed by atoms with E-state index in [0.29, 0.717) is 11.3 Å². The van der Waals surface area contributed by atoms with Crippen LogP contribution in [-0.4, -0.2) is 22.5 Å². The van der Waals surface area contributed by atoms with Gasteiger partial charge in [-0.1, -0.05) is 18.2 Å². The van der Waals surface area contributed by atoms with E-state index in [9.17, 15) is 9.90 Å². The Hall–Kier alpha value is -1.55. The van der Waals surface area contributed by atoms with Gasteiger partial charge in [-0.15, -0.1) is 0 Å². The molecular weight excluding hydrogens is 184 g/mol. The molecule has 2 unspecified atom stereocenters. The summed E-state index contributed by atoms with van der Waals surface area (Å²) in [5.41, 5.74) is 0.630. The monoisotopic (exact) mass is 194 g/mol. The molecule has 0 bridgehead atoms. The molecule has 4 nitrogen and oxygen atoms in total. The van der Waals surface area contributed by atoms with E-state index in [0.717, 1.165) is 0 Å². The zero-order valence-electron chi connectivity index (χ0n) is 7.38. The largest absolute Gasteiger partial charge is 0.481 e. The second-order valence-corrected chi connectivity index (χ2v) is 3.24. The van der Waals surface area contributed by atoms with Crippen LogP contribution in [0.1, 0.15) is 17.9 Å². The number of carboxylic acid groups (broad SMARTS) is 1. The maximum Gasteiger partial charge on any atom is 0.311 e. The number of rotatable bonds is 1. The van der Waals surface area contributed by atoms with E-state index in [1.165, 1.54) is 0 Å². The molecule has 0 saturated carbocycles. The molecule has 1 aromatic rings. The lowest BCUT2D eigenvalue weighted by Crippen LogP contribution is -2.28.